The molecular formula is C14H29NO. The summed E-state index contributed by atoms with van der Waals surface area (Å²) in [5.74, 6) is 0.806. The molecule has 1 N–H and O–H groups in total. The molecule has 0 radical (unpaired) electrons. The molecule has 3 unspecified atom stereocenters. The third kappa shape index (κ3) is 3.74. The van der Waals surface area contributed by atoms with E-state index >= 15 is 0 Å². The summed E-state index contributed by atoms with van der Waals surface area (Å²) in [6.07, 6.45) is 3.40. The van der Waals surface area contributed by atoms with Crippen molar-refractivity contribution in [3.63, 3.8) is 0 Å². The van der Waals surface area contributed by atoms with Gasteiger partial charge in [-0.3, -0.25) is 0 Å². The molecule has 0 aromatic rings. The normalized spacial score (nSPS) is 30.4. The lowest BCUT2D eigenvalue weighted by Crippen LogP contribution is -2.44. The molecule has 96 valence electrons. The van der Waals surface area contributed by atoms with Crippen LogP contribution in [0.1, 0.15) is 53.9 Å². The Hall–Kier alpha value is -0.0800. The first kappa shape index (κ1) is 14.0. The van der Waals surface area contributed by atoms with E-state index in [9.17, 15) is 5.11 Å². The van der Waals surface area contributed by atoms with Crippen molar-refractivity contribution in [3.05, 3.63) is 0 Å². The molecule has 0 aliphatic carbocycles. The van der Waals surface area contributed by atoms with Crippen LogP contribution in [0, 0.1) is 11.3 Å². The van der Waals surface area contributed by atoms with Crippen molar-refractivity contribution in [3.8, 4) is 0 Å². The smallest absolute Gasteiger partial charge is 0.0600 e. The van der Waals surface area contributed by atoms with E-state index in [0.29, 0.717) is 6.04 Å². The number of hydrogen-bond donors (Lipinski definition) is 1. The van der Waals surface area contributed by atoms with E-state index in [1.807, 2.05) is 0 Å². The van der Waals surface area contributed by atoms with Gasteiger partial charge in [0.05, 0.1) is 6.10 Å². The molecule has 1 aliphatic heterocycles. The fraction of sp³-hybridized carbons (Fsp3) is 1.00. The maximum absolute atomic E-state index is 10.0. The molecule has 1 rings (SSSR count). The van der Waals surface area contributed by atoms with Gasteiger partial charge in [-0.15, -0.1) is 0 Å². The summed E-state index contributed by atoms with van der Waals surface area (Å²) in [6.45, 7) is 13.3. The maximum Gasteiger partial charge on any atom is 0.0600 e. The highest BCUT2D eigenvalue weighted by Crippen LogP contribution is 2.25. The van der Waals surface area contributed by atoms with Gasteiger partial charge in [0.25, 0.3) is 0 Å². The molecule has 2 nitrogen and oxygen atoms in total. The molecule has 2 heteroatoms. The fourth-order valence-electron chi connectivity index (χ4n) is 2.46. The predicted octanol–water partition coefficient (Wildman–Crippen LogP) is 2.90. The molecule has 1 fully saturated rings. The van der Waals surface area contributed by atoms with Crippen LogP contribution in [0.3, 0.4) is 0 Å². The minimum absolute atomic E-state index is 0.0185. The summed E-state index contributed by atoms with van der Waals surface area (Å²) in [7, 11) is 0. The van der Waals surface area contributed by atoms with Crippen molar-refractivity contribution >= 4 is 0 Å². The number of likely N-dealkylation sites (tertiary alicyclic amines) is 1. The Labute approximate surface area is 101 Å². The Morgan fingerprint density at radius 3 is 2.50 bits per heavy atom. The number of piperidine rings is 1. The Kier molecular flexibility index (Phi) is 4.81. The number of nitrogens with zero attached hydrogens (tertiary/aromatic N) is 1. The monoisotopic (exact) mass is 227 g/mol. The topological polar surface area (TPSA) is 23.5 Å². The largest absolute Gasteiger partial charge is 0.393 e. The summed E-state index contributed by atoms with van der Waals surface area (Å²) in [6, 6.07) is 0.681. The SMILES string of the molecule is CC1CCCN(CCC(O)C(C)(C)C)C1C. The van der Waals surface area contributed by atoms with Gasteiger partial charge in [-0.1, -0.05) is 27.7 Å². The minimum atomic E-state index is -0.183. The van der Waals surface area contributed by atoms with Crippen LogP contribution in [0.25, 0.3) is 0 Å². The van der Waals surface area contributed by atoms with Crippen molar-refractivity contribution in [2.45, 2.75) is 66.0 Å². The third-order valence-electron chi connectivity index (χ3n) is 4.19. The summed E-state index contributed by atoms with van der Waals surface area (Å²) >= 11 is 0. The third-order valence-corrected chi connectivity index (χ3v) is 4.19. The maximum atomic E-state index is 10.0. The molecule has 1 heterocycles. The van der Waals surface area contributed by atoms with Crippen molar-refractivity contribution in [2.24, 2.45) is 11.3 Å². The molecule has 0 bridgehead atoms. The average molecular weight is 227 g/mol. The first-order valence-electron chi connectivity index (χ1n) is 6.74. The Morgan fingerprint density at radius 2 is 1.94 bits per heavy atom. The molecular weight excluding hydrogens is 198 g/mol. The first-order valence-corrected chi connectivity index (χ1v) is 6.74. The van der Waals surface area contributed by atoms with E-state index in [1.165, 1.54) is 19.4 Å². The van der Waals surface area contributed by atoms with E-state index in [1.54, 1.807) is 0 Å². The van der Waals surface area contributed by atoms with Crippen LogP contribution in [0.5, 0.6) is 0 Å². The van der Waals surface area contributed by atoms with Crippen molar-refractivity contribution in [1.29, 1.82) is 0 Å². The molecule has 1 aliphatic rings. The van der Waals surface area contributed by atoms with Crippen molar-refractivity contribution in [2.75, 3.05) is 13.1 Å². The first-order chi connectivity index (χ1) is 7.32. The second-order valence-electron chi connectivity index (χ2n) is 6.57. The van der Waals surface area contributed by atoms with Gasteiger partial charge in [0, 0.05) is 12.6 Å². The van der Waals surface area contributed by atoms with Gasteiger partial charge in [-0.05, 0) is 44.1 Å². The van der Waals surface area contributed by atoms with Crippen LogP contribution in [0.2, 0.25) is 0 Å². The zero-order valence-electron chi connectivity index (χ0n) is 11.7. The Bertz CT molecular complexity index is 209. The molecule has 0 aromatic heterocycles. The molecule has 0 spiro atoms. The summed E-state index contributed by atoms with van der Waals surface area (Å²) in [5.41, 5.74) is 0.0185. The Balaban J connectivity index is 2.37. The summed E-state index contributed by atoms with van der Waals surface area (Å²) < 4.78 is 0. The van der Waals surface area contributed by atoms with Crippen molar-refractivity contribution < 1.29 is 5.11 Å². The van der Waals surface area contributed by atoms with Gasteiger partial charge in [0.15, 0.2) is 0 Å². The van der Waals surface area contributed by atoms with Gasteiger partial charge >= 0.3 is 0 Å². The van der Waals surface area contributed by atoms with Gasteiger partial charge in [-0.2, -0.15) is 0 Å². The summed E-state index contributed by atoms with van der Waals surface area (Å²) in [4.78, 5) is 2.54. The highest BCUT2D eigenvalue weighted by atomic mass is 16.3. The second kappa shape index (κ2) is 5.50. The van der Waals surface area contributed by atoms with Gasteiger partial charge in [0.1, 0.15) is 0 Å². The fourth-order valence-corrected chi connectivity index (χ4v) is 2.46. The zero-order valence-corrected chi connectivity index (χ0v) is 11.7. The van der Waals surface area contributed by atoms with E-state index in [0.717, 1.165) is 18.9 Å². The van der Waals surface area contributed by atoms with E-state index in [2.05, 4.69) is 39.5 Å². The van der Waals surface area contributed by atoms with Crippen LogP contribution < -0.4 is 0 Å². The van der Waals surface area contributed by atoms with Gasteiger partial charge in [0.2, 0.25) is 0 Å². The predicted molar refractivity (Wildman–Crippen MR) is 69.5 cm³/mol. The lowest BCUT2D eigenvalue weighted by Gasteiger charge is -2.39. The Morgan fingerprint density at radius 1 is 1.31 bits per heavy atom. The molecule has 1 saturated heterocycles. The molecule has 3 atom stereocenters. The van der Waals surface area contributed by atoms with Crippen LogP contribution >= 0.6 is 0 Å². The van der Waals surface area contributed by atoms with Crippen LogP contribution in [0.15, 0.2) is 0 Å². The number of rotatable bonds is 3. The van der Waals surface area contributed by atoms with E-state index < -0.39 is 0 Å². The van der Waals surface area contributed by atoms with Crippen molar-refractivity contribution in [1.82, 2.24) is 4.90 Å². The lowest BCUT2D eigenvalue weighted by molar-refractivity contribution is 0.0307. The van der Waals surface area contributed by atoms with E-state index in [4.69, 9.17) is 0 Å². The van der Waals surface area contributed by atoms with Crippen LogP contribution in [0.4, 0.5) is 0 Å². The van der Waals surface area contributed by atoms with Crippen LogP contribution in [-0.2, 0) is 0 Å². The lowest BCUT2D eigenvalue weighted by atomic mass is 9.86. The van der Waals surface area contributed by atoms with Crippen LogP contribution in [-0.4, -0.2) is 35.2 Å². The minimum Gasteiger partial charge on any atom is -0.393 e. The van der Waals surface area contributed by atoms with E-state index in [-0.39, 0.29) is 11.5 Å². The quantitative estimate of drug-likeness (QED) is 0.801. The average Bonchev–Trinajstić information content (AvgIpc) is 2.18. The number of aliphatic hydroxyl groups excluding tert-OH is 1. The summed E-state index contributed by atoms with van der Waals surface area (Å²) in [5, 5.41) is 10.0. The molecule has 16 heavy (non-hydrogen) atoms. The standard InChI is InChI=1S/C14H29NO/c1-11-7-6-9-15(12(11)2)10-8-13(16)14(3,4)5/h11-13,16H,6-10H2,1-5H3. The number of aliphatic hydroxyl groups is 1. The van der Waals surface area contributed by atoms with Gasteiger partial charge in [-0.25, -0.2) is 0 Å². The molecule has 0 saturated carbocycles. The molecule has 0 aromatic carbocycles. The van der Waals surface area contributed by atoms with Gasteiger partial charge < -0.3 is 10.0 Å². The molecule has 0 amide bonds. The second-order valence-corrected chi connectivity index (χ2v) is 6.57. The zero-order chi connectivity index (χ0) is 12.3. The highest BCUT2D eigenvalue weighted by Gasteiger charge is 2.27. The highest BCUT2D eigenvalue weighted by molar-refractivity contribution is 4.80. The number of hydrogen-bond acceptors (Lipinski definition) is 2.